The number of halogens is 2. The van der Waals surface area contributed by atoms with Crippen LogP contribution < -0.4 is 5.56 Å². The summed E-state index contributed by atoms with van der Waals surface area (Å²) in [5.41, 5.74) is 2.02. The zero-order valence-electron chi connectivity index (χ0n) is 17.5. The van der Waals surface area contributed by atoms with Crippen LogP contribution in [0.25, 0.3) is 21.3 Å². The molecule has 0 unspecified atom stereocenters. The van der Waals surface area contributed by atoms with Crippen molar-refractivity contribution in [3.63, 3.8) is 0 Å². The number of aryl methyl sites for hydroxylation is 2. The molecule has 32 heavy (non-hydrogen) atoms. The summed E-state index contributed by atoms with van der Waals surface area (Å²) in [4.78, 5) is 24.6. The lowest BCUT2D eigenvalue weighted by Gasteiger charge is -2.13. The molecule has 0 amide bonds. The fraction of sp³-hybridized carbons (Fsp3) is 0.409. The van der Waals surface area contributed by atoms with Gasteiger partial charge in [0.05, 0.1) is 22.2 Å². The average molecular weight is 477 g/mol. The molecule has 1 aliphatic carbocycles. The van der Waals surface area contributed by atoms with Crippen molar-refractivity contribution in [1.29, 1.82) is 0 Å². The van der Waals surface area contributed by atoms with Crippen LogP contribution in [-0.4, -0.2) is 32.8 Å². The van der Waals surface area contributed by atoms with Crippen molar-refractivity contribution in [2.75, 3.05) is 13.7 Å². The number of methoxy groups -OCH3 is 1. The highest BCUT2D eigenvalue weighted by Crippen LogP contribution is 2.36. The maximum atomic E-state index is 13.8. The predicted octanol–water partition coefficient (Wildman–Crippen LogP) is 5.02. The van der Waals surface area contributed by atoms with E-state index in [0.717, 1.165) is 39.6 Å². The quantitative estimate of drug-likeness (QED) is 0.203. The summed E-state index contributed by atoms with van der Waals surface area (Å²) < 4.78 is 35.4. The number of hydrogen-bond donors (Lipinski definition) is 0. The summed E-state index contributed by atoms with van der Waals surface area (Å²) in [5, 5.41) is 1.26. The van der Waals surface area contributed by atoms with Crippen molar-refractivity contribution >= 4 is 44.3 Å². The molecule has 168 valence electrons. The van der Waals surface area contributed by atoms with Crippen LogP contribution in [0.3, 0.4) is 0 Å². The van der Waals surface area contributed by atoms with Crippen LogP contribution in [0.4, 0.5) is 8.78 Å². The van der Waals surface area contributed by atoms with Crippen molar-refractivity contribution in [1.82, 2.24) is 19.1 Å². The van der Waals surface area contributed by atoms with Crippen LogP contribution >= 0.6 is 23.1 Å². The zero-order valence-corrected chi connectivity index (χ0v) is 19.1. The van der Waals surface area contributed by atoms with E-state index in [1.54, 1.807) is 47.3 Å². The zero-order chi connectivity index (χ0) is 22.2. The minimum atomic E-state index is -2.70. The number of para-hydroxylation sites is 2. The number of fused-ring (bicyclic) bond motifs is 4. The van der Waals surface area contributed by atoms with Crippen LogP contribution in [0, 0.1) is 0 Å². The molecule has 3 aromatic heterocycles. The molecule has 4 aromatic rings. The van der Waals surface area contributed by atoms with Crippen LogP contribution in [0.15, 0.2) is 34.2 Å². The summed E-state index contributed by atoms with van der Waals surface area (Å²) in [7, 11) is 1.63. The van der Waals surface area contributed by atoms with E-state index in [4.69, 9.17) is 9.72 Å². The Bertz CT molecular complexity index is 1350. The summed E-state index contributed by atoms with van der Waals surface area (Å²) >= 11 is 2.86. The van der Waals surface area contributed by atoms with E-state index in [9.17, 15) is 13.6 Å². The number of alkyl halides is 2. The highest BCUT2D eigenvalue weighted by Gasteiger charge is 2.24. The van der Waals surface area contributed by atoms with Gasteiger partial charge >= 0.3 is 6.55 Å². The number of thiophene rings is 1. The second-order valence-corrected chi connectivity index (χ2v) is 9.71. The Morgan fingerprint density at radius 3 is 2.91 bits per heavy atom. The fourth-order valence-electron chi connectivity index (χ4n) is 4.28. The third-order valence-corrected chi connectivity index (χ3v) is 7.87. The maximum Gasteiger partial charge on any atom is 0.320 e. The number of aromatic nitrogens is 4. The summed E-state index contributed by atoms with van der Waals surface area (Å²) in [5.74, 6) is 0.449. The Balaban J connectivity index is 1.54. The van der Waals surface area contributed by atoms with E-state index in [2.05, 4.69) is 4.98 Å². The first-order valence-corrected chi connectivity index (χ1v) is 12.3. The molecular formula is C22H22F2N4O2S2. The smallest absolute Gasteiger partial charge is 0.320 e. The number of hydrogen-bond acceptors (Lipinski definition) is 6. The number of imidazole rings is 1. The minimum absolute atomic E-state index is 0.0460. The van der Waals surface area contributed by atoms with E-state index in [0.29, 0.717) is 35.8 Å². The predicted molar refractivity (Wildman–Crippen MR) is 123 cm³/mol. The van der Waals surface area contributed by atoms with Gasteiger partial charge in [-0.25, -0.2) is 9.97 Å². The lowest BCUT2D eigenvalue weighted by Crippen LogP contribution is -2.24. The monoisotopic (exact) mass is 476 g/mol. The highest BCUT2D eigenvalue weighted by molar-refractivity contribution is 7.98. The lowest BCUT2D eigenvalue weighted by atomic mass is 10.2. The number of ether oxygens (including phenoxy) is 1. The molecule has 10 heteroatoms. The average Bonchev–Trinajstić information content (AvgIpc) is 3.46. The van der Waals surface area contributed by atoms with Crippen LogP contribution in [-0.2, 0) is 29.9 Å². The van der Waals surface area contributed by atoms with Crippen LogP contribution in [0.1, 0.15) is 35.7 Å². The van der Waals surface area contributed by atoms with E-state index in [1.807, 2.05) is 0 Å². The topological polar surface area (TPSA) is 61.9 Å². The number of nitrogens with zero attached hydrogens (tertiary/aromatic N) is 4. The molecule has 0 saturated heterocycles. The SMILES string of the molecule is COCCCn1c(SCc2nc3ccccc3n2C(F)F)nc2sc3c(c2c1=O)CCC3. The Kier molecular flexibility index (Phi) is 6.00. The van der Waals surface area contributed by atoms with Gasteiger partial charge < -0.3 is 4.74 Å². The molecule has 0 radical (unpaired) electrons. The summed E-state index contributed by atoms with van der Waals surface area (Å²) in [6, 6.07) is 6.86. The molecule has 0 N–H and O–H groups in total. The molecule has 1 aliphatic rings. The van der Waals surface area contributed by atoms with Crippen molar-refractivity contribution < 1.29 is 13.5 Å². The minimum Gasteiger partial charge on any atom is -0.385 e. The van der Waals surface area contributed by atoms with E-state index < -0.39 is 6.55 Å². The van der Waals surface area contributed by atoms with Gasteiger partial charge in [-0.05, 0) is 43.4 Å². The molecule has 3 heterocycles. The fourth-order valence-corrected chi connectivity index (χ4v) is 6.53. The molecular weight excluding hydrogens is 454 g/mol. The molecule has 0 aliphatic heterocycles. The Hall–Kier alpha value is -2.30. The number of thioether (sulfide) groups is 1. The third kappa shape index (κ3) is 3.74. The van der Waals surface area contributed by atoms with Gasteiger partial charge in [0, 0.05) is 25.1 Å². The maximum absolute atomic E-state index is 13.8. The Labute approximate surface area is 191 Å². The van der Waals surface area contributed by atoms with Crippen molar-refractivity contribution in [3.8, 4) is 0 Å². The molecule has 1 aromatic carbocycles. The van der Waals surface area contributed by atoms with Gasteiger partial charge in [0.2, 0.25) is 0 Å². The van der Waals surface area contributed by atoms with Gasteiger partial charge in [-0.3, -0.25) is 13.9 Å². The Morgan fingerprint density at radius 1 is 1.25 bits per heavy atom. The van der Waals surface area contributed by atoms with Crippen molar-refractivity contribution in [2.45, 2.75) is 49.7 Å². The second kappa shape index (κ2) is 8.92. The summed E-state index contributed by atoms with van der Waals surface area (Å²) in [6.07, 6.45) is 3.63. The van der Waals surface area contributed by atoms with Gasteiger partial charge in [0.25, 0.3) is 5.56 Å². The van der Waals surface area contributed by atoms with Crippen molar-refractivity contribution in [3.05, 3.63) is 50.9 Å². The standard InChI is InChI=1S/C22H22F2N4O2S2/c1-30-11-5-10-27-20(29)18-13-6-4-9-16(13)32-19(18)26-22(27)31-12-17-25-14-7-2-3-8-15(14)28(17)21(23)24/h2-3,7-8,21H,4-6,9-12H2,1H3. The third-order valence-electron chi connectivity index (χ3n) is 5.71. The van der Waals surface area contributed by atoms with Gasteiger partial charge in [0.1, 0.15) is 10.7 Å². The molecule has 0 atom stereocenters. The molecule has 0 spiro atoms. The van der Waals surface area contributed by atoms with Crippen molar-refractivity contribution in [2.24, 2.45) is 0 Å². The van der Waals surface area contributed by atoms with E-state index >= 15 is 0 Å². The Morgan fingerprint density at radius 2 is 2.09 bits per heavy atom. The highest BCUT2D eigenvalue weighted by atomic mass is 32.2. The van der Waals surface area contributed by atoms with E-state index in [-0.39, 0.29) is 17.1 Å². The van der Waals surface area contributed by atoms with Gasteiger partial charge in [-0.15, -0.1) is 11.3 Å². The molecule has 6 nitrogen and oxygen atoms in total. The van der Waals surface area contributed by atoms with Crippen LogP contribution in [0.5, 0.6) is 0 Å². The number of rotatable bonds is 8. The summed E-state index contributed by atoms with van der Waals surface area (Å²) in [6.45, 7) is -1.71. The second-order valence-electron chi connectivity index (χ2n) is 7.69. The molecule has 0 saturated carbocycles. The van der Waals surface area contributed by atoms with Gasteiger partial charge in [0.15, 0.2) is 5.16 Å². The van der Waals surface area contributed by atoms with Crippen LogP contribution in [0.2, 0.25) is 0 Å². The first-order chi connectivity index (χ1) is 15.6. The normalized spacial score (nSPS) is 13.6. The molecule has 0 bridgehead atoms. The first-order valence-electron chi connectivity index (χ1n) is 10.5. The largest absolute Gasteiger partial charge is 0.385 e. The molecule has 0 fully saturated rings. The van der Waals surface area contributed by atoms with Gasteiger partial charge in [-0.1, -0.05) is 23.9 Å². The lowest BCUT2D eigenvalue weighted by molar-refractivity contribution is 0.0722. The number of benzene rings is 1. The molecule has 5 rings (SSSR count). The van der Waals surface area contributed by atoms with Gasteiger partial charge in [-0.2, -0.15) is 8.78 Å². The first kappa shape index (κ1) is 21.5. The van der Waals surface area contributed by atoms with E-state index in [1.165, 1.54) is 16.6 Å².